The molecule has 0 spiro atoms. The molecule has 0 heterocycles. The highest BCUT2D eigenvalue weighted by molar-refractivity contribution is 8.00. The maximum absolute atomic E-state index is 12.9. The van der Waals surface area contributed by atoms with Crippen molar-refractivity contribution in [3.8, 4) is 0 Å². The maximum Gasteiger partial charge on any atom is 0.224 e. The number of benzene rings is 1. The van der Waals surface area contributed by atoms with Crippen LogP contribution in [0.4, 0.5) is 15.8 Å². The molecule has 5 nitrogen and oxygen atoms in total. The summed E-state index contributed by atoms with van der Waals surface area (Å²) in [5.74, 6) is 0.744. The molecule has 1 aromatic carbocycles. The van der Waals surface area contributed by atoms with E-state index in [1.54, 1.807) is 0 Å². The highest BCUT2D eigenvalue weighted by Crippen LogP contribution is 2.19. The summed E-state index contributed by atoms with van der Waals surface area (Å²) in [6.07, 6.45) is 2.15. The van der Waals surface area contributed by atoms with E-state index in [0.717, 1.165) is 6.07 Å². The Hall–Kier alpha value is -1.28. The summed E-state index contributed by atoms with van der Waals surface area (Å²) in [7, 11) is -2.92. The summed E-state index contributed by atoms with van der Waals surface area (Å²) in [6, 6.07) is 3.80. The predicted molar refractivity (Wildman–Crippen MR) is 85.7 cm³/mol. The quantitative estimate of drug-likeness (QED) is 0.560. The second-order valence-corrected chi connectivity index (χ2v) is 8.11. The van der Waals surface area contributed by atoms with Crippen LogP contribution in [0.1, 0.15) is 12.8 Å². The first kappa shape index (κ1) is 17.8. The number of carbonyl (C=O) groups is 1. The molecule has 0 aliphatic heterocycles. The number of halogens is 1. The van der Waals surface area contributed by atoms with Gasteiger partial charge < -0.3 is 11.1 Å². The Balaban J connectivity index is 2.22. The van der Waals surface area contributed by atoms with Gasteiger partial charge in [0, 0.05) is 18.4 Å². The van der Waals surface area contributed by atoms with Crippen molar-refractivity contribution in [2.24, 2.45) is 0 Å². The fraction of sp³-hybridized carbons (Fsp3) is 0.462. The van der Waals surface area contributed by atoms with Crippen molar-refractivity contribution in [1.82, 2.24) is 0 Å². The Labute approximate surface area is 128 Å². The predicted octanol–water partition coefficient (Wildman–Crippen LogP) is 1.90. The van der Waals surface area contributed by atoms with Gasteiger partial charge in [0.15, 0.2) is 0 Å². The number of thioether (sulfide) groups is 1. The van der Waals surface area contributed by atoms with Crippen LogP contribution >= 0.6 is 11.8 Å². The largest absolute Gasteiger partial charge is 0.397 e. The Morgan fingerprint density at radius 2 is 2.10 bits per heavy atom. The van der Waals surface area contributed by atoms with E-state index >= 15 is 0 Å². The Morgan fingerprint density at radius 1 is 1.38 bits per heavy atom. The lowest BCUT2D eigenvalue weighted by Crippen LogP contribution is -2.13. The molecule has 0 aliphatic carbocycles. The second kappa shape index (κ2) is 8.23. The van der Waals surface area contributed by atoms with Gasteiger partial charge in [-0.05, 0) is 30.4 Å². The minimum atomic E-state index is -2.92. The van der Waals surface area contributed by atoms with Gasteiger partial charge in [-0.2, -0.15) is 11.8 Å². The average molecular weight is 334 g/mol. The molecule has 21 heavy (non-hydrogen) atoms. The number of sulfone groups is 1. The Bertz CT molecular complexity index is 591. The zero-order valence-electron chi connectivity index (χ0n) is 11.8. The van der Waals surface area contributed by atoms with E-state index in [1.807, 2.05) is 0 Å². The molecule has 1 amide bonds. The molecule has 0 saturated heterocycles. The first-order chi connectivity index (χ1) is 9.78. The van der Waals surface area contributed by atoms with Crippen LogP contribution in [0.15, 0.2) is 18.2 Å². The number of nitrogens with one attached hydrogen (secondary N) is 1. The Kier molecular flexibility index (Phi) is 6.97. The van der Waals surface area contributed by atoms with Gasteiger partial charge in [-0.3, -0.25) is 4.79 Å². The van der Waals surface area contributed by atoms with Gasteiger partial charge in [-0.1, -0.05) is 0 Å². The molecule has 0 bridgehead atoms. The van der Waals surface area contributed by atoms with E-state index in [1.165, 1.54) is 30.2 Å². The van der Waals surface area contributed by atoms with Crippen LogP contribution in [0.5, 0.6) is 0 Å². The molecular formula is C13H19FN2O3S2. The van der Waals surface area contributed by atoms with Crippen molar-refractivity contribution >= 4 is 38.9 Å². The van der Waals surface area contributed by atoms with Gasteiger partial charge in [-0.15, -0.1) is 0 Å². The van der Waals surface area contributed by atoms with Gasteiger partial charge in [0.1, 0.15) is 15.7 Å². The number of amides is 1. The van der Waals surface area contributed by atoms with E-state index in [9.17, 15) is 17.6 Å². The van der Waals surface area contributed by atoms with Crippen molar-refractivity contribution in [3.05, 3.63) is 24.0 Å². The van der Waals surface area contributed by atoms with Crippen LogP contribution in [0, 0.1) is 5.82 Å². The summed E-state index contributed by atoms with van der Waals surface area (Å²) in [6.45, 7) is 0. The van der Waals surface area contributed by atoms with E-state index in [-0.39, 0.29) is 17.3 Å². The van der Waals surface area contributed by atoms with Crippen molar-refractivity contribution < 1.29 is 17.6 Å². The van der Waals surface area contributed by atoms with Crippen LogP contribution in [-0.4, -0.2) is 37.8 Å². The first-order valence-corrected chi connectivity index (χ1v) is 9.60. The summed E-state index contributed by atoms with van der Waals surface area (Å²) in [5.41, 5.74) is 6.17. The Morgan fingerprint density at radius 3 is 2.71 bits per heavy atom. The highest BCUT2D eigenvalue weighted by atomic mass is 32.2. The minimum Gasteiger partial charge on any atom is -0.397 e. The summed E-state index contributed by atoms with van der Waals surface area (Å²) in [4.78, 5) is 11.7. The van der Waals surface area contributed by atoms with Crippen molar-refractivity contribution in [2.75, 3.05) is 34.6 Å². The molecule has 8 heteroatoms. The third-order valence-electron chi connectivity index (χ3n) is 2.58. The number of carbonyl (C=O) groups excluding carboxylic acids is 1. The molecule has 0 atom stereocenters. The molecule has 0 fully saturated rings. The van der Waals surface area contributed by atoms with Gasteiger partial charge in [0.25, 0.3) is 0 Å². The van der Waals surface area contributed by atoms with Crippen LogP contribution in [0.2, 0.25) is 0 Å². The molecule has 3 N–H and O–H groups in total. The van der Waals surface area contributed by atoms with Gasteiger partial charge in [0.2, 0.25) is 5.91 Å². The monoisotopic (exact) mass is 334 g/mol. The fourth-order valence-electron chi connectivity index (χ4n) is 1.51. The van der Waals surface area contributed by atoms with Gasteiger partial charge in [0.05, 0.1) is 17.1 Å². The lowest BCUT2D eigenvalue weighted by atomic mass is 10.2. The van der Waals surface area contributed by atoms with Gasteiger partial charge >= 0.3 is 0 Å². The number of nitrogen functional groups attached to an aromatic ring is 1. The summed E-state index contributed by atoms with van der Waals surface area (Å²) >= 11 is 1.50. The van der Waals surface area contributed by atoms with Crippen LogP contribution in [-0.2, 0) is 14.6 Å². The van der Waals surface area contributed by atoms with E-state index in [4.69, 9.17) is 5.73 Å². The van der Waals surface area contributed by atoms with Crippen LogP contribution in [0.25, 0.3) is 0 Å². The second-order valence-electron chi connectivity index (χ2n) is 4.63. The smallest absolute Gasteiger partial charge is 0.224 e. The molecule has 0 saturated carbocycles. The number of hydrogen-bond donors (Lipinski definition) is 2. The highest BCUT2D eigenvalue weighted by Gasteiger charge is 2.06. The van der Waals surface area contributed by atoms with Crippen LogP contribution < -0.4 is 11.1 Å². The number of hydrogen-bond acceptors (Lipinski definition) is 5. The first-order valence-electron chi connectivity index (χ1n) is 6.38. The standard InChI is InChI=1S/C13H19FN2O3S2/c1-21(18,19)8-7-20-6-2-3-13(17)16-12-5-4-10(14)9-11(12)15/h4-5,9H,2-3,6-8,15H2,1H3,(H,16,17). The lowest BCUT2D eigenvalue weighted by Gasteiger charge is -2.08. The zero-order chi connectivity index (χ0) is 15.9. The minimum absolute atomic E-state index is 0.149. The number of rotatable bonds is 8. The third-order valence-corrected chi connectivity index (χ3v) is 4.85. The maximum atomic E-state index is 12.9. The molecule has 1 rings (SSSR count). The van der Waals surface area contributed by atoms with E-state index in [0.29, 0.717) is 30.0 Å². The molecule has 118 valence electrons. The molecular weight excluding hydrogens is 315 g/mol. The van der Waals surface area contributed by atoms with Crippen LogP contribution in [0.3, 0.4) is 0 Å². The lowest BCUT2D eigenvalue weighted by molar-refractivity contribution is -0.116. The topological polar surface area (TPSA) is 89.3 Å². The van der Waals surface area contributed by atoms with Gasteiger partial charge in [-0.25, -0.2) is 12.8 Å². The normalized spacial score (nSPS) is 11.3. The van der Waals surface area contributed by atoms with Crippen molar-refractivity contribution in [2.45, 2.75) is 12.8 Å². The third kappa shape index (κ3) is 7.91. The average Bonchev–Trinajstić information content (AvgIpc) is 2.36. The SMILES string of the molecule is CS(=O)(=O)CCSCCCC(=O)Nc1ccc(F)cc1N. The van der Waals surface area contributed by atoms with E-state index in [2.05, 4.69) is 5.32 Å². The number of nitrogens with two attached hydrogens (primary N) is 1. The molecule has 1 aromatic rings. The summed E-state index contributed by atoms with van der Waals surface area (Å²) in [5, 5.41) is 2.62. The van der Waals surface area contributed by atoms with E-state index < -0.39 is 15.7 Å². The zero-order valence-corrected chi connectivity index (χ0v) is 13.4. The fourth-order valence-corrected chi connectivity index (χ4v) is 3.74. The summed E-state index contributed by atoms with van der Waals surface area (Å²) < 4.78 is 34.7. The molecule has 0 aliphatic rings. The molecule has 0 unspecified atom stereocenters. The van der Waals surface area contributed by atoms with Crippen molar-refractivity contribution in [1.29, 1.82) is 0 Å². The molecule has 0 radical (unpaired) electrons. The molecule has 0 aromatic heterocycles. The van der Waals surface area contributed by atoms with Crippen molar-refractivity contribution in [3.63, 3.8) is 0 Å². The number of anilines is 2.